The normalized spacial score (nSPS) is 10.9. The van der Waals surface area contributed by atoms with Gasteiger partial charge in [0, 0.05) is 11.6 Å². The average molecular weight is 364 g/mol. The molecule has 3 aromatic rings. The lowest BCUT2D eigenvalue weighted by molar-refractivity contribution is 0.802. The number of nitrogens with zero attached hydrogens (tertiary/aromatic N) is 4. The number of halogens is 2. The van der Waals surface area contributed by atoms with E-state index >= 15 is 0 Å². The van der Waals surface area contributed by atoms with Crippen molar-refractivity contribution < 1.29 is 0 Å². The molecule has 0 saturated carbocycles. The third kappa shape index (κ3) is 2.71. The molecule has 4 nitrogen and oxygen atoms in total. The summed E-state index contributed by atoms with van der Waals surface area (Å²) in [5, 5.41) is 4.87. The van der Waals surface area contributed by atoms with Gasteiger partial charge in [-0.15, -0.1) is 0 Å². The minimum Gasteiger partial charge on any atom is -0.218 e. The van der Waals surface area contributed by atoms with Crippen LogP contribution >= 0.6 is 27.5 Å². The van der Waals surface area contributed by atoms with E-state index in [2.05, 4.69) is 31.0 Å². The van der Waals surface area contributed by atoms with Crippen molar-refractivity contribution in [2.24, 2.45) is 0 Å². The van der Waals surface area contributed by atoms with Crippen molar-refractivity contribution >= 4 is 27.5 Å². The van der Waals surface area contributed by atoms with Crippen molar-refractivity contribution in [1.29, 1.82) is 0 Å². The quantitative estimate of drug-likeness (QED) is 0.635. The molecule has 3 rings (SSSR count). The van der Waals surface area contributed by atoms with Crippen LogP contribution in [0.1, 0.15) is 11.4 Å². The average Bonchev–Trinajstić information content (AvgIpc) is 2.75. The minimum absolute atomic E-state index is 0.391. The van der Waals surface area contributed by atoms with Gasteiger partial charge in [-0.1, -0.05) is 41.9 Å². The zero-order chi connectivity index (χ0) is 15.0. The summed E-state index contributed by atoms with van der Waals surface area (Å²) in [4.78, 5) is 8.86. The highest BCUT2D eigenvalue weighted by Gasteiger charge is 2.13. The van der Waals surface area contributed by atoms with Gasteiger partial charge in [0.05, 0.1) is 15.9 Å². The standard InChI is InChI=1S/C15H12BrClN4/c1-9-14(16)10(2)21(20-9)13-8-12(17)18-15(19-13)11-6-4-3-5-7-11/h3-8H,1-2H3. The van der Waals surface area contributed by atoms with Crippen LogP contribution in [0.3, 0.4) is 0 Å². The molecule has 0 aliphatic carbocycles. The van der Waals surface area contributed by atoms with Gasteiger partial charge < -0.3 is 0 Å². The highest BCUT2D eigenvalue weighted by atomic mass is 79.9. The van der Waals surface area contributed by atoms with Crippen molar-refractivity contribution in [2.75, 3.05) is 0 Å². The van der Waals surface area contributed by atoms with Crippen molar-refractivity contribution in [3.05, 3.63) is 57.4 Å². The Morgan fingerprint density at radius 2 is 1.81 bits per heavy atom. The Morgan fingerprint density at radius 3 is 2.43 bits per heavy atom. The third-order valence-corrected chi connectivity index (χ3v) is 4.47. The molecule has 2 heterocycles. The first-order valence-electron chi connectivity index (χ1n) is 6.38. The van der Waals surface area contributed by atoms with Gasteiger partial charge in [0.2, 0.25) is 0 Å². The number of hydrogen-bond donors (Lipinski definition) is 0. The first-order chi connectivity index (χ1) is 10.1. The van der Waals surface area contributed by atoms with Gasteiger partial charge >= 0.3 is 0 Å². The van der Waals surface area contributed by atoms with Crippen LogP contribution in [0.25, 0.3) is 17.2 Å². The fraction of sp³-hybridized carbons (Fsp3) is 0.133. The maximum atomic E-state index is 6.14. The highest BCUT2D eigenvalue weighted by Crippen LogP contribution is 2.24. The van der Waals surface area contributed by atoms with Crippen LogP contribution in [-0.4, -0.2) is 19.7 Å². The van der Waals surface area contributed by atoms with E-state index in [0.717, 1.165) is 21.4 Å². The fourth-order valence-corrected chi connectivity index (χ4v) is 2.50. The summed E-state index contributed by atoms with van der Waals surface area (Å²) in [6, 6.07) is 11.4. The summed E-state index contributed by atoms with van der Waals surface area (Å²) < 4.78 is 2.73. The summed E-state index contributed by atoms with van der Waals surface area (Å²) in [5.74, 6) is 1.24. The molecule has 0 unspecified atom stereocenters. The molecule has 6 heteroatoms. The van der Waals surface area contributed by atoms with Crippen LogP contribution < -0.4 is 0 Å². The van der Waals surface area contributed by atoms with Crippen LogP contribution in [-0.2, 0) is 0 Å². The molecule has 106 valence electrons. The van der Waals surface area contributed by atoms with E-state index in [-0.39, 0.29) is 0 Å². The largest absolute Gasteiger partial charge is 0.218 e. The first-order valence-corrected chi connectivity index (χ1v) is 7.55. The maximum Gasteiger partial charge on any atom is 0.163 e. The van der Waals surface area contributed by atoms with E-state index in [1.165, 1.54) is 0 Å². The molecule has 0 saturated heterocycles. The first kappa shape index (κ1) is 14.2. The monoisotopic (exact) mass is 362 g/mol. The summed E-state index contributed by atoms with van der Waals surface area (Å²) >= 11 is 9.66. The molecule has 0 spiro atoms. The van der Waals surface area contributed by atoms with Gasteiger partial charge in [-0.25, -0.2) is 14.6 Å². The predicted molar refractivity (Wildman–Crippen MR) is 86.8 cm³/mol. The number of hydrogen-bond acceptors (Lipinski definition) is 3. The summed E-state index contributed by atoms with van der Waals surface area (Å²) in [6.45, 7) is 3.91. The van der Waals surface area contributed by atoms with E-state index in [1.807, 2.05) is 44.2 Å². The van der Waals surface area contributed by atoms with Gasteiger partial charge in [0.15, 0.2) is 11.6 Å². The van der Waals surface area contributed by atoms with Crippen molar-refractivity contribution in [3.8, 4) is 17.2 Å². The Balaban J connectivity index is 2.16. The SMILES string of the molecule is Cc1nn(-c2cc(Cl)nc(-c3ccccc3)n2)c(C)c1Br. The third-order valence-electron chi connectivity index (χ3n) is 3.13. The van der Waals surface area contributed by atoms with Crippen LogP contribution in [0.15, 0.2) is 40.9 Å². The molecule has 0 aliphatic heterocycles. The van der Waals surface area contributed by atoms with Gasteiger partial charge in [-0.3, -0.25) is 0 Å². The van der Waals surface area contributed by atoms with E-state index in [1.54, 1.807) is 10.7 Å². The topological polar surface area (TPSA) is 43.6 Å². The molecule has 0 fully saturated rings. The Hall–Kier alpha value is -1.72. The molecular formula is C15H12BrClN4. The van der Waals surface area contributed by atoms with Crippen LogP contribution in [0.4, 0.5) is 0 Å². The van der Waals surface area contributed by atoms with E-state index in [9.17, 15) is 0 Å². The lowest BCUT2D eigenvalue weighted by atomic mass is 10.2. The van der Waals surface area contributed by atoms with Crippen molar-refractivity contribution in [1.82, 2.24) is 19.7 Å². The van der Waals surface area contributed by atoms with Crippen LogP contribution in [0, 0.1) is 13.8 Å². The number of aromatic nitrogens is 4. The second kappa shape index (κ2) is 5.58. The summed E-state index contributed by atoms with van der Waals surface area (Å²) in [6.07, 6.45) is 0. The van der Waals surface area contributed by atoms with E-state index < -0.39 is 0 Å². The second-order valence-electron chi connectivity index (χ2n) is 4.64. The summed E-state index contributed by atoms with van der Waals surface area (Å²) in [5.41, 5.74) is 2.80. The molecule has 21 heavy (non-hydrogen) atoms. The Labute approximate surface area is 135 Å². The molecule has 1 aromatic carbocycles. The number of benzene rings is 1. The lowest BCUT2D eigenvalue weighted by Crippen LogP contribution is -2.04. The molecular weight excluding hydrogens is 352 g/mol. The molecule has 0 amide bonds. The highest BCUT2D eigenvalue weighted by molar-refractivity contribution is 9.10. The summed E-state index contributed by atoms with van der Waals surface area (Å²) in [7, 11) is 0. The van der Waals surface area contributed by atoms with Gasteiger partial charge in [0.1, 0.15) is 5.15 Å². The fourth-order valence-electron chi connectivity index (χ4n) is 2.08. The molecule has 0 atom stereocenters. The molecule has 0 N–H and O–H groups in total. The van der Waals surface area contributed by atoms with Gasteiger partial charge in [-0.2, -0.15) is 5.10 Å². The minimum atomic E-state index is 0.391. The van der Waals surface area contributed by atoms with Crippen LogP contribution in [0.2, 0.25) is 5.15 Å². The Morgan fingerprint density at radius 1 is 1.10 bits per heavy atom. The van der Waals surface area contributed by atoms with Crippen molar-refractivity contribution in [3.63, 3.8) is 0 Å². The number of rotatable bonds is 2. The lowest BCUT2D eigenvalue weighted by Gasteiger charge is -2.07. The van der Waals surface area contributed by atoms with Gasteiger partial charge in [0.25, 0.3) is 0 Å². The maximum absolute atomic E-state index is 6.14. The Kier molecular flexibility index (Phi) is 3.78. The molecule has 2 aromatic heterocycles. The molecule has 0 aliphatic rings. The molecule has 0 radical (unpaired) electrons. The van der Waals surface area contributed by atoms with E-state index in [0.29, 0.717) is 16.8 Å². The Bertz CT molecular complexity index is 799. The zero-order valence-electron chi connectivity index (χ0n) is 11.5. The smallest absolute Gasteiger partial charge is 0.163 e. The number of aryl methyl sites for hydroxylation is 1. The predicted octanol–water partition coefficient (Wildman–Crippen LogP) is 4.36. The van der Waals surface area contributed by atoms with Crippen LogP contribution in [0.5, 0.6) is 0 Å². The molecule has 0 bridgehead atoms. The van der Waals surface area contributed by atoms with Gasteiger partial charge in [-0.05, 0) is 29.8 Å². The van der Waals surface area contributed by atoms with E-state index in [4.69, 9.17) is 11.6 Å². The van der Waals surface area contributed by atoms with Crippen molar-refractivity contribution in [2.45, 2.75) is 13.8 Å². The second-order valence-corrected chi connectivity index (χ2v) is 5.82. The zero-order valence-corrected chi connectivity index (χ0v) is 13.9.